The molecule has 1 aromatic rings. The molecule has 1 amide bonds. The van der Waals surface area contributed by atoms with E-state index in [1.807, 2.05) is 0 Å². The van der Waals surface area contributed by atoms with Crippen molar-refractivity contribution >= 4 is 5.91 Å². The van der Waals surface area contributed by atoms with Crippen LogP contribution in [0.2, 0.25) is 0 Å². The van der Waals surface area contributed by atoms with Gasteiger partial charge in [-0.15, -0.1) is 0 Å². The van der Waals surface area contributed by atoms with Crippen LogP contribution in [0.5, 0.6) is 5.75 Å². The highest BCUT2D eigenvalue weighted by Crippen LogP contribution is 2.16. The van der Waals surface area contributed by atoms with Gasteiger partial charge >= 0.3 is 0 Å². The number of carbonyl (C=O) groups excluding carboxylic acids is 1. The largest absolute Gasteiger partial charge is 0.497 e. The molecule has 0 unspecified atom stereocenters. The number of hydrogen-bond donors (Lipinski definition) is 2. The third kappa shape index (κ3) is 2.74. The number of carbonyl (C=O) groups is 1. The summed E-state index contributed by atoms with van der Waals surface area (Å²) in [6.07, 6.45) is 0.878. The van der Waals surface area contributed by atoms with E-state index in [1.165, 1.54) is 19.2 Å². The Balaban J connectivity index is 2.07. The molecular weight excluding hydrogens is 223 g/mol. The molecule has 1 aromatic carbocycles. The van der Waals surface area contributed by atoms with E-state index in [0.717, 1.165) is 19.5 Å². The van der Waals surface area contributed by atoms with Gasteiger partial charge in [-0.3, -0.25) is 4.79 Å². The number of benzene rings is 1. The summed E-state index contributed by atoms with van der Waals surface area (Å²) in [7, 11) is 1.46. The number of halogens is 1. The summed E-state index contributed by atoms with van der Waals surface area (Å²) in [6.45, 7) is 1.62. The molecule has 1 heterocycles. The Hall–Kier alpha value is -1.62. The molecule has 0 aliphatic carbocycles. The SMILES string of the molecule is COc1ccc(C(=O)N[C@@H]2CCNC2)c(F)c1. The maximum absolute atomic E-state index is 13.6. The van der Waals surface area contributed by atoms with Crippen molar-refractivity contribution in [3.63, 3.8) is 0 Å². The highest BCUT2D eigenvalue weighted by molar-refractivity contribution is 5.94. The Labute approximate surface area is 99.2 Å². The summed E-state index contributed by atoms with van der Waals surface area (Å²) >= 11 is 0. The molecular formula is C12H15FN2O2. The summed E-state index contributed by atoms with van der Waals surface area (Å²) in [6, 6.07) is 4.31. The summed E-state index contributed by atoms with van der Waals surface area (Å²) in [5.74, 6) is -0.534. The minimum atomic E-state index is -0.562. The van der Waals surface area contributed by atoms with E-state index in [4.69, 9.17) is 4.74 Å². The zero-order valence-corrected chi connectivity index (χ0v) is 9.63. The van der Waals surface area contributed by atoms with Gasteiger partial charge in [-0.1, -0.05) is 0 Å². The van der Waals surface area contributed by atoms with Crippen LogP contribution in [0.15, 0.2) is 18.2 Å². The second-order valence-electron chi connectivity index (χ2n) is 4.01. The van der Waals surface area contributed by atoms with Gasteiger partial charge in [0.15, 0.2) is 0 Å². The first kappa shape index (κ1) is 11.9. The third-order valence-electron chi connectivity index (χ3n) is 2.82. The van der Waals surface area contributed by atoms with Crippen molar-refractivity contribution in [2.24, 2.45) is 0 Å². The van der Waals surface area contributed by atoms with Crippen molar-refractivity contribution < 1.29 is 13.9 Å². The lowest BCUT2D eigenvalue weighted by Gasteiger charge is -2.12. The molecule has 0 spiro atoms. The monoisotopic (exact) mass is 238 g/mol. The van der Waals surface area contributed by atoms with Crippen LogP contribution in [-0.2, 0) is 0 Å². The lowest BCUT2D eigenvalue weighted by Crippen LogP contribution is -2.36. The van der Waals surface area contributed by atoms with Gasteiger partial charge in [0, 0.05) is 18.7 Å². The lowest BCUT2D eigenvalue weighted by atomic mass is 10.1. The molecule has 1 aliphatic rings. The molecule has 1 fully saturated rings. The van der Waals surface area contributed by atoms with Gasteiger partial charge in [0.05, 0.1) is 12.7 Å². The fourth-order valence-electron chi connectivity index (χ4n) is 1.85. The van der Waals surface area contributed by atoms with E-state index in [2.05, 4.69) is 10.6 Å². The van der Waals surface area contributed by atoms with E-state index in [0.29, 0.717) is 5.75 Å². The van der Waals surface area contributed by atoms with Crippen molar-refractivity contribution in [1.82, 2.24) is 10.6 Å². The fourth-order valence-corrected chi connectivity index (χ4v) is 1.85. The number of methoxy groups -OCH3 is 1. The quantitative estimate of drug-likeness (QED) is 0.823. The van der Waals surface area contributed by atoms with E-state index in [1.54, 1.807) is 6.07 Å². The average Bonchev–Trinajstić information content (AvgIpc) is 2.81. The van der Waals surface area contributed by atoms with Crippen LogP contribution < -0.4 is 15.4 Å². The average molecular weight is 238 g/mol. The van der Waals surface area contributed by atoms with Crippen molar-refractivity contribution in [1.29, 1.82) is 0 Å². The second kappa shape index (κ2) is 5.14. The zero-order chi connectivity index (χ0) is 12.3. The van der Waals surface area contributed by atoms with Gasteiger partial charge < -0.3 is 15.4 Å². The topological polar surface area (TPSA) is 50.4 Å². The van der Waals surface area contributed by atoms with Crippen molar-refractivity contribution in [2.75, 3.05) is 20.2 Å². The van der Waals surface area contributed by atoms with Crippen LogP contribution in [0, 0.1) is 5.82 Å². The van der Waals surface area contributed by atoms with Crippen LogP contribution >= 0.6 is 0 Å². The smallest absolute Gasteiger partial charge is 0.254 e. The normalized spacial score (nSPS) is 19.1. The number of rotatable bonds is 3. The molecule has 0 aromatic heterocycles. The van der Waals surface area contributed by atoms with Crippen LogP contribution in [0.25, 0.3) is 0 Å². The maximum atomic E-state index is 13.6. The Morgan fingerprint density at radius 3 is 3.00 bits per heavy atom. The van der Waals surface area contributed by atoms with Crippen LogP contribution in [0.3, 0.4) is 0 Å². The molecule has 2 N–H and O–H groups in total. The van der Waals surface area contributed by atoms with Crippen molar-refractivity contribution in [2.45, 2.75) is 12.5 Å². The molecule has 0 saturated carbocycles. The van der Waals surface area contributed by atoms with E-state index < -0.39 is 5.82 Å². The molecule has 1 atom stereocenters. The summed E-state index contributed by atoms with van der Waals surface area (Å²) in [5.41, 5.74) is 0.0534. The van der Waals surface area contributed by atoms with Crippen molar-refractivity contribution in [3.05, 3.63) is 29.6 Å². The lowest BCUT2D eigenvalue weighted by molar-refractivity contribution is 0.0936. The zero-order valence-electron chi connectivity index (χ0n) is 9.63. The van der Waals surface area contributed by atoms with Gasteiger partial charge in [0.1, 0.15) is 11.6 Å². The maximum Gasteiger partial charge on any atom is 0.254 e. The first-order chi connectivity index (χ1) is 8.20. The predicted octanol–water partition coefficient (Wildman–Crippen LogP) is 0.926. The predicted molar refractivity (Wildman–Crippen MR) is 61.7 cm³/mol. The standard InChI is InChI=1S/C12H15FN2O2/c1-17-9-2-3-10(11(13)6-9)12(16)15-8-4-5-14-7-8/h2-3,6,8,14H,4-5,7H2,1H3,(H,15,16)/t8-/m1/s1. The number of amides is 1. The van der Waals surface area contributed by atoms with Crippen LogP contribution in [-0.4, -0.2) is 32.1 Å². The molecule has 0 bridgehead atoms. The van der Waals surface area contributed by atoms with Crippen LogP contribution in [0.4, 0.5) is 4.39 Å². The molecule has 2 rings (SSSR count). The Bertz CT molecular complexity index is 417. The first-order valence-electron chi connectivity index (χ1n) is 5.56. The summed E-state index contributed by atoms with van der Waals surface area (Å²) in [5, 5.41) is 5.92. The minimum Gasteiger partial charge on any atom is -0.497 e. The minimum absolute atomic E-state index is 0.0534. The molecule has 1 aliphatic heterocycles. The summed E-state index contributed by atoms with van der Waals surface area (Å²) < 4.78 is 18.5. The molecule has 1 saturated heterocycles. The van der Waals surface area contributed by atoms with Gasteiger partial charge in [-0.2, -0.15) is 0 Å². The molecule has 0 radical (unpaired) electrons. The number of hydrogen-bond acceptors (Lipinski definition) is 3. The first-order valence-corrected chi connectivity index (χ1v) is 5.56. The van der Waals surface area contributed by atoms with Crippen LogP contribution in [0.1, 0.15) is 16.8 Å². The number of nitrogens with one attached hydrogen (secondary N) is 2. The van der Waals surface area contributed by atoms with Gasteiger partial charge in [0.25, 0.3) is 5.91 Å². The third-order valence-corrected chi connectivity index (χ3v) is 2.82. The van der Waals surface area contributed by atoms with Gasteiger partial charge in [0.2, 0.25) is 0 Å². The van der Waals surface area contributed by atoms with Gasteiger partial charge in [-0.05, 0) is 25.1 Å². The Morgan fingerprint density at radius 1 is 1.59 bits per heavy atom. The van der Waals surface area contributed by atoms with Gasteiger partial charge in [-0.25, -0.2) is 4.39 Å². The fraction of sp³-hybridized carbons (Fsp3) is 0.417. The van der Waals surface area contributed by atoms with Crippen molar-refractivity contribution in [3.8, 4) is 5.75 Å². The van der Waals surface area contributed by atoms with E-state index >= 15 is 0 Å². The Morgan fingerprint density at radius 2 is 2.41 bits per heavy atom. The highest BCUT2D eigenvalue weighted by atomic mass is 19.1. The van der Waals surface area contributed by atoms with E-state index in [9.17, 15) is 9.18 Å². The molecule has 5 heteroatoms. The second-order valence-corrected chi connectivity index (χ2v) is 4.01. The Kier molecular flexibility index (Phi) is 3.58. The highest BCUT2D eigenvalue weighted by Gasteiger charge is 2.19. The molecule has 17 heavy (non-hydrogen) atoms. The molecule has 92 valence electrons. The summed E-state index contributed by atoms with van der Waals surface area (Å²) in [4.78, 5) is 11.8. The number of ether oxygens (including phenoxy) is 1. The van der Waals surface area contributed by atoms with E-state index in [-0.39, 0.29) is 17.5 Å². The molecule has 4 nitrogen and oxygen atoms in total.